The quantitative estimate of drug-likeness (QED) is 0.764. The Labute approximate surface area is 164 Å². The van der Waals surface area contributed by atoms with Crippen molar-refractivity contribution in [2.75, 3.05) is 12.0 Å². The summed E-state index contributed by atoms with van der Waals surface area (Å²) in [6, 6.07) is 14.7. The summed E-state index contributed by atoms with van der Waals surface area (Å²) in [4.78, 5) is 41.7. The van der Waals surface area contributed by atoms with Crippen molar-refractivity contribution in [2.24, 2.45) is 0 Å². The van der Waals surface area contributed by atoms with Gasteiger partial charge in [-0.1, -0.05) is 18.2 Å². The smallest absolute Gasteiger partial charge is 0.257 e. The van der Waals surface area contributed by atoms with E-state index < -0.39 is 11.6 Å². The predicted molar refractivity (Wildman–Crippen MR) is 106 cm³/mol. The van der Waals surface area contributed by atoms with Gasteiger partial charge in [-0.2, -0.15) is 0 Å². The Morgan fingerprint density at radius 3 is 2.18 bits per heavy atom. The number of nitrogens with zero attached hydrogens (tertiary/aromatic N) is 2. The average Bonchev–Trinajstić information content (AvgIpc) is 2.95. The third kappa shape index (κ3) is 3.63. The Bertz CT molecular complexity index is 885. The molecule has 1 saturated heterocycles. The van der Waals surface area contributed by atoms with Crippen LogP contribution in [-0.4, -0.2) is 41.3 Å². The number of imide groups is 1. The van der Waals surface area contributed by atoms with Crippen LogP contribution in [0.15, 0.2) is 54.6 Å². The SMILES string of the molecule is COc1ccc(C(=O)N(C2CC(=O)N(c3ccccc3)C2=O)C(C)(C)C)cc1. The highest BCUT2D eigenvalue weighted by Gasteiger charge is 2.47. The van der Waals surface area contributed by atoms with Crippen molar-refractivity contribution in [2.45, 2.75) is 38.8 Å². The minimum Gasteiger partial charge on any atom is -0.497 e. The van der Waals surface area contributed by atoms with Crippen LogP contribution < -0.4 is 9.64 Å². The highest BCUT2D eigenvalue weighted by Crippen LogP contribution is 2.31. The Morgan fingerprint density at radius 2 is 1.64 bits per heavy atom. The van der Waals surface area contributed by atoms with Gasteiger partial charge in [0.25, 0.3) is 11.8 Å². The van der Waals surface area contributed by atoms with Crippen LogP contribution in [-0.2, 0) is 9.59 Å². The van der Waals surface area contributed by atoms with E-state index in [0.29, 0.717) is 17.0 Å². The molecule has 6 heteroatoms. The lowest BCUT2D eigenvalue weighted by molar-refractivity contribution is -0.123. The Hall–Kier alpha value is -3.15. The summed E-state index contributed by atoms with van der Waals surface area (Å²) in [6.07, 6.45) is -0.0348. The van der Waals surface area contributed by atoms with Crippen molar-refractivity contribution >= 4 is 23.4 Å². The first-order valence-corrected chi connectivity index (χ1v) is 9.13. The third-order valence-electron chi connectivity index (χ3n) is 4.73. The summed E-state index contributed by atoms with van der Waals surface area (Å²) in [7, 11) is 1.55. The molecule has 1 unspecified atom stereocenters. The summed E-state index contributed by atoms with van der Waals surface area (Å²) in [5.74, 6) is -0.344. The standard InChI is InChI=1S/C22H24N2O4/c1-22(2,3)24(20(26)15-10-12-17(28-4)13-11-15)18-14-19(25)23(21(18)27)16-8-6-5-7-9-16/h5-13,18H,14H2,1-4H3. The van der Waals surface area contributed by atoms with E-state index in [2.05, 4.69) is 0 Å². The number of para-hydroxylation sites is 1. The van der Waals surface area contributed by atoms with Gasteiger partial charge < -0.3 is 9.64 Å². The lowest BCUT2D eigenvalue weighted by atomic mass is 9.99. The van der Waals surface area contributed by atoms with Gasteiger partial charge in [-0.05, 0) is 57.2 Å². The molecule has 0 N–H and O–H groups in total. The van der Waals surface area contributed by atoms with Crippen molar-refractivity contribution in [3.05, 3.63) is 60.2 Å². The van der Waals surface area contributed by atoms with Gasteiger partial charge in [-0.3, -0.25) is 14.4 Å². The molecule has 0 aromatic heterocycles. The average molecular weight is 380 g/mol. The van der Waals surface area contributed by atoms with Crippen LogP contribution in [0.25, 0.3) is 0 Å². The molecule has 6 nitrogen and oxygen atoms in total. The predicted octanol–water partition coefficient (Wildman–Crippen LogP) is 3.27. The van der Waals surface area contributed by atoms with Gasteiger partial charge in [0.1, 0.15) is 11.8 Å². The van der Waals surface area contributed by atoms with E-state index in [4.69, 9.17) is 4.74 Å². The minimum atomic E-state index is -0.845. The number of anilines is 1. The molecule has 146 valence electrons. The molecule has 1 aliphatic rings. The summed E-state index contributed by atoms with van der Waals surface area (Å²) in [5.41, 5.74) is 0.310. The van der Waals surface area contributed by atoms with E-state index in [1.54, 1.807) is 55.6 Å². The molecule has 0 aliphatic carbocycles. The van der Waals surface area contributed by atoms with Crippen molar-refractivity contribution in [1.29, 1.82) is 0 Å². The second kappa shape index (κ2) is 7.46. The summed E-state index contributed by atoms with van der Waals surface area (Å²) < 4.78 is 5.14. The fourth-order valence-electron chi connectivity index (χ4n) is 3.45. The maximum atomic E-state index is 13.3. The molecule has 0 radical (unpaired) electrons. The number of hydrogen-bond donors (Lipinski definition) is 0. The highest BCUT2D eigenvalue weighted by molar-refractivity contribution is 6.23. The second-order valence-electron chi connectivity index (χ2n) is 7.70. The second-order valence-corrected chi connectivity index (χ2v) is 7.70. The van der Waals surface area contributed by atoms with Crippen molar-refractivity contribution in [1.82, 2.24) is 4.90 Å². The van der Waals surface area contributed by atoms with Crippen molar-refractivity contribution < 1.29 is 19.1 Å². The zero-order valence-corrected chi connectivity index (χ0v) is 16.5. The Balaban J connectivity index is 1.95. The fourth-order valence-corrected chi connectivity index (χ4v) is 3.45. The number of hydrogen-bond acceptors (Lipinski definition) is 4. The molecule has 2 aromatic rings. The van der Waals surface area contributed by atoms with E-state index in [1.807, 2.05) is 26.8 Å². The van der Waals surface area contributed by atoms with Gasteiger partial charge in [-0.25, -0.2) is 4.90 Å². The zero-order chi connectivity index (χ0) is 20.5. The van der Waals surface area contributed by atoms with Gasteiger partial charge in [0, 0.05) is 11.1 Å². The van der Waals surface area contributed by atoms with E-state index in [1.165, 1.54) is 9.80 Å². The molecule has 1 atom stereocenters. The number of benzene rings is 2. The number of carbonyl (C=O) groups is 3. The number of carbonyl (C=O) groups excluding carboxylic acids is 3. The van der Waals surface area contributed by atoms with Crippen LogP contribution in [0.3, 0.4) is 0 Å². The largest absolute Gasteiger partial charge is 0.497 e. The molecule has 1 fully saturated rings. The summed E-state index contributed by atoms with van der Waals surface area (Å²) in [5, 5.41) is 0. The normalized spacial score (nSPS) is 17.0. The number of rotatable bonds is 4. The van der Waals surface area contributed by atoms with Gasteiger partial charge in [0.05, 0.1) is 19.2 Å². The third-order valence-corrected chi connectivity index (χ3v) is 4.73. The monoisotopic (exact) mass is 380 g/mol. The van der Waals surface area contributed by atoms with Gasteiger partial charge in [0.2, 0.25) is 5.91 Å². The molecule has 0 bridgehead atoms. The molecule has 1 aliphatic heterocycles. The molecular formula is C22H24N2O4. The van der Waals surface area contributed by atoms with E-state index in [-0.39, 0.29) is 24.1 Å². The molecule has 2 aromatic carbocycles. The highest BCUT2D eigenvalue weighted by atomic mass is 16.5. The number of amides is 3. The van der Waals surface area contributed by atoms with Crippen LogP contribution in [0.4, 0.5) is 5.69 Å². The molecule has 0 spiro atoms. The summed E-state index contributed by atoms with van der Waals surface area (Å²) in [6.45, 7) is 5.58. The zero-order valence-electron chi connectivity index (χ0n) is 16.5. The Kier molecular flexibility index (Phi) is 5.23. The lowest BCUT2D eigenvalue weighted by Gasteiger charge is -2.39. The number of methoxy groups -OCH3 is 1. The van der Waals surface area contributed by atoms with Crippen LogP contribution in [0.2, 0.25) is 0 Å². The fraction of sp³-hybridized carbons (Fsp3) is 0.318. The topological polar surface area (TPSA) is 66.9 Å². The molecule has 1 heterocycles. The maximum Gasteiger partial charge on any atom is 0.257 e. The van der Waals surface area contributed by atoms with Gasteiger partial charge >= 0.3 is 0 Å². The van der Waals surface area contributed by atoms with Crippen LogP contribution in [0.1, 0.15) is 37.6 Å². The molecular weight excluding hydrogens is 356 g/mol. The molecule has 0 saturated carbocycles. The number of ether oxygens (including phenoxy) is 1. The maximum absolute atomic E-state index is 13.3. The lowest BCUT2D eigenvalue weighted by Crippen LogP contribution is -2.54. The molecule has 28 heavy (non-hydrogen) atoms. The van der Waals surface area contributed by atoms with Crippen LogP contribution >= 0.6 is 0 Å². The van der Waals surface area contributed by atoms with Gasteiger partial charge in [0.15, 0.2) is 0 Å². The van der Waals surface area contributed by atoms with Crippen molar-refractivity contribution in [3.8, 4) is 5.75 Å². The first-order chi connectivity index (χ1) is 13.2. The first-order valence-electron chi connectivity index (χ1n) is 9.13. The van der Waals surface area contributed by atoms with Crippen molar-refractivity contribution in [3.63, 3.8) is 0 Å². The van der Waals surface area contributed by atoms with E-state index in [0.717, 1.165) is 0 Å². The van der Waals surface area contributed by atoms with Gasteiger partial charge in [-0.15, -0.1) is 0 Å². The minimum absolute atomic E-state index is 0.0348. The van der Waals surface area contributed by atoms with Crippen LogP contribution in [0, 0.1) is 0 Å². The summed E-state index contributed by atoms with van der Waals surface area (Å²) >= 11 is 0. The van der Waals surface area contributed by atoms with E-state index >= 15 is 0 Å². The Morgan fingerprint density at radius 1 is 1.04 bits per heavy atom. The first kappa shape index (κ1) is 19.6. The van der Waals surface area contributed by atoms with Crippen LogP contribution in [0.5, 0.6) is 5.75 Å². The molecule has 3 rings (SSSR count). The molecule has 3 amide bonds. The van der Waals surface area contributed by atoms with E-state index in [9.17, 15) is 14.4 Å².